The number of rotatable bonds is 5. The zero-order valence-electron chi connectivity index (χ0n) is 10.3. The maximum Gasteiger partial charge on any atom is 0.238 e. The minimum Gasteiger partial charge on any atom is -0.325 e. The average Bonchev–Trinajstić information content (AvgIpc) is 2.29. The normalized spacial score (nSPS) is 10.0. The summed E-state index contributed by atoms with van der Waals surface area (Å²) < 4.78 is 0. The lowest BCUT2D eigenvalue weighted by molar-refractivity contribution is -0.115. The molecule has 0 aromatic heterocycles. The van der Waals surface area contributed by atoms with Gasteiger partial charge in [-0.2, -0.15) is 0 Å². The molecule has 2 N–H and O–H groups in total. The molecule has 0 fully saturated rings. The number of hydrogen-bond donors (Lipinski definition) is 2. The van der Waals surface area contributed by atoms with E-state index in [4.69, 9.17) is 6.42 Å². The van der Waals surface area contributed by atoms with Crippen molar-refractivity contribution in [1.82, 2.24) is 5.32 Å². The number of anilines is 1. The van der Waals surface area contributed by atoms with Gasteiger partial charge in [-0.3, -0.25) is 10.1 Å². The van der Waals surface area contributed by atoms with Crippen molar-refractivity contribution in [2.24, 2.45) is 0 Å². The second-order valence-corrected chi connectivity index (χ2v) is 4.10. The number of carbonyl (C=O) groups is 1. The molecular formula is C14H18N2O. The number of benzene rings is 1. The van der Waals surface area contributed by atoms with Crippen molar-refractivity contribution in [1.29, 1.82) is 0 Å². The zero-order valence-corrected chi connectivity index (χ0v) is 10.3. The SMILES string of the molecule is C#CCNCC(=O)Nc1ccccc1C(C)C. The summed E-state index contributed by atoms with van der Waals surface area (Å²) in [4.78, 5) is 11.6. The second-order valence-electron chi connectivity index (χ2n) is 4.10. The fraction of sp³-hybridized carbons (Fsp3) is 0.357. The maximum atomic E-state index is 11.6. The van der Waals surface area contributed by atoms with Crippen LogP contribution in [0.3, 0.4) is 0 Å². The highest BCUT2D eigenvalue weighted by molar-refractivity contribution is 5.93. The Morgan fingerprint density at radius 3 is 2.76 bits per heavy atom. The fourth-order valence-electron chi connectivity index (χ4n) is 1.56. The first-order chi connectivity index (χ1) is 8.15. The van der Waals surface area contributed by atoms with Gasteiger partial charge in [0.15, 0.2) is 0 Å². The molecule has 1 aromatic rings. The van der Waals surface area contributed by atoms with Crippen LogP contribution in [-0.2, 0) is 4.79 Å². The van der Waals surface area contributed by atoms with E-state index in [1.165, 1.54) is 0 Å². The van der Waals surface area contributed by atoms with Crippen LogP contribution < -0.4 is 10.6 Å². The highest BCUT2D eigenvalue weighted by Crippen LogP contribution is 2.23. The molecule has 0 spiro atoms. The summed E-state index contributed by atoms with van der Waals surface area (Å²) in [6, 6.07) is 7.82. The standard InChI is InChI=1S/C14H18N2O/c1-4-9-15-10-14(17)16-13-8-6-5-7-12(13)11(2)3/h1,5-8,11,15H,9-10H2,2-3H3,(H,16,17). The number of carbonyl (C=O) groups excluding carboxylic acids is 1. The van der Waals surface area contributed by atoms with E-state index in [0.29, 0.717) is 12.5 Å². The Morgan fingerprint density at radius 1 is 1.41 bits per heavy atom. The van der Waals surface area contributed by atoms with E-state index in [0.717, 1.165) is 11.3 Å². The quantitative estimate of drug-likeness (QED) is 0.600. The van der Waals surface area contributed by atoms with Gasteiger partial charge in [0, 0.05) is 5.69 Å². The van der Waals surface area contributed by atoms with Crippen LogP contribution in [0.25, 0.3) is 0 Å². The molecule has 0 saturated heterocycles. The smallest absolute Gasteiger partial charge is 0.238 e. The van der Waals surface area contributed by atoms with Crippen LogP contribution in [0.5, 0.6) is 0 Å². The Morgan fingerprint density at radius 2 is 2.12 bits per heavy atom. The molecule has 0 aliphatic heterocycles. The van der Waals surface area contributed by atoms with E-state index < -0.39 is 0 Å². The Labute approximate surface area is 103 Å². The van der Waals surface area contributed by atoms with E-state index in [-0.39, 0.29) is 12.5 Å². The molecule has 0 heterocycles. The summed E-state index contributed by atoms with van der Waals surface area (Å²) in [7, 11) is 0. The third kappa shape index (κ3) is 4.29. The number of para-hydroxylation sites is 1. The molecule has 0 radical (unpaired) electrons. The fourth-order valence-corrected chi connectivity index (χ4v) is 1.56. The van der Waals surface area contributed by atoms with Crippen molar-refractivity contribution >= 4 is 11.6 Å². The molecule has 0 saturated carbocycles. The number of hydrogen-bond acceptors (Lipinski definition) is 2. The number of nitrogens with one attached hydrogen (secondary N) is 2. The molecule has 3 nitrogen and oxygen atoms in total. The van der Waals surface area contributed by atoms with Crippen molar-refractivity contribution in [2.45, 2.75) is 19.8 Å². The highest BCUT2D eigenvalue weighted by atomic mass is 16.1. The first-order valence-corrected chi connectivity index (χ1v) is 5.68. The van der Waals surface area contributed by atoms with Gasteiger partial charge in [-0.1, -0.05) is 38.0 Å². The summed E-state index contributed by atoms with van der Waals surface area (Å²) in [5, 5.41) is 5.74. The van der Waals surface area contributed by atoms with Crippen molar-refractivity contribution < 1.29 is 4.79 Å². The van der Waals surface area contributed by atoms with Crippen LogP contribution in [0.2, 0.25) is 0 Å². The molecule has 0 atom stereocenters. The van der Waals surface area contributed by atoms with Gasteiger partial charge in [0.05, 0.1) is 13.1 Å². The Bertz CT molecular complexity index is 418. The van der Waals surface area contributed by atoms with E-state index >= 15 is 0 Å². The monoisotopic (exact) mass is 230 g/mol. The molecule has 1 aromatic carbocycles. The van der Waals surface area contributed by atoms with Crippen LogP contribution in [0.4, 0.5) is 5.69 Å². The van der Waals surface area contributed by atoms with Crippen molar-refractivity contribution in [2.75, 3.05) is 18.4 Å². The molecule has 0 aliphatic carbocycles. The van der Waals surface area contributed by atoms with Crippen molar-refractivity contribution in [3.63, 3.8) is 0 Å². The average molecular weight is 230 g/mol. The van der Waals surface area contributed by atoms with Gasteiger partial charge in [0.1, 0.15) is 0 Å². The third-order valence-electron chi connectivity index (χ3n) is 2.37. The van der Waals surface area contributed by atoms with Gasteiger partial charge in [0.2, 0.25) is 5.91 Å². The third-order valence-corrected chi connectivity index (χ3v) is 2.37. The summed E-state index contributed by atoms with van der Waals surface area (Å²) in [6.45, 7) is 4.83. The van der Waals surface area contributed by atoms with Crippen LogP contribution in [0.15, 0.2) is 24.3 Å². The van der Waals surface area contributed by atoms with E-state index in [2.05, 4.69) is 30.4 Å². The van der Waals surface area contributed by atoms with Crippen LogP contribution in [0.1, 0.15) is 25.3 Å². The Balaban J connectivity index is 2.62. The molecule has 17 heavy (non-hydrogen) atoms. The summed E-state index contributed by atoms with van der Waals surface area (Å²) in [6.07, 6.45) is 5.09. The number of amides is 1. The number of terminal acetylenes is 1. The minimum atomic E-state index is -0.0756. The van der Waals surface area contributed by atoms with Gasteiger partial charge < -0.3 is 5.32 Å². The van der Waals surface area contributed by atoms with Crippen LogP contribution in [0, 0.1) is 12.3 Å². The van der Waals surface area contributed by atoms with Gasteiger partial charge >= 0.3 is 0 Å². The second kappa shape index (κ2) is 6.72. The van der Waals surface area contributed by atoms with Gasteiger partial charge in [-0.05, 0) is 17.5 Å². The summed E-state index contributed by atoms with van der Waals surface area (Å²) in [5.41, 5.74) is 2.01. The van der Waals surface area contributed by atoms with E-state index in [1.54, 1.807) is 0 Å². The maximum absolute atomic E-state index is 11.6. The first-order valence-electron chi connectivity index (χ1n) is 5.68. The lowest BCUT2D eigenvalue weighted by Gasteiger charge is -2.13. The Kier molecular flexibility index (Phi) is 5.25. The molecule has 90 valence electrons. The molecular weight excluding hydrogens is 212 g/mol. The Hall–Kier alpha value is -1.79. The highest BCUT2D eigenvalue weighted by Gasteiger charge is 2.08. The summed E-state index contributed by atoms with van der Waals surface area (Å²) in [5.74, 6) is 2.73. The summed E-state index contributed by atoms with van der Waals surface area (Å²) >= 11 is 0. The largest absolute Gasteiger partial charge is 0.325 e. The van der Waals surface area contributed by atoms with E-state index in [9.17, 15) is 4.79 Å². The molecule has 0 aliphatic rings. The van der Waals surface area contributed by atoms with Crippen LogP contribution >= 0.6 is 0 Å². The topological polar surface area (TPSA) is 41.1 Å². The van der Waals surface area contributed by atoms with Crippen LogP contribution in [-0.4, -0.2) is 19.0 Å². The van der Waals surface area contributed by atoms with E-state index in [1.807, 2.05) is 24.3 Å². The molecule has 0 unspecified atom stereocenters. The van der Waals surface area contributed by atoms with Gasteiger partial charge in [0.25, 0.3) is 0 Å². The predicted molar refractivity (Wildman–Crippen MR) is 70.9 cm³/mol. The van der Waals surface area contributed by atoms with Gasteiger partial charge in [-0.15, -0.1) is 6.42 Å². The molecule has 0 bridgehead atoms. The first kappa shape index (κ1) is 13.3. The molecule has 1 amide bonds. The lowest BCUT2D eigenvalue weighted by Crippen LogP contribution is -2.28. The molecule has 3 heteroatoms. The lowest BCUT2D eigenvalue weighted by atomic mass is 10.0. The van der Waals surface area contributed by atoms with Crippen molar-refractivity contribution in [3.05, 3.63) is 29.8 Å². The molecule has 1 rings (SSSR count). The zero-order chi connectivity index (χ0) is 12.7. The minimum absolute atomic E-state index is 0.0756. The van der Waals surface area contributed by atoms with Gasteiger partial charge in [-0.25, -0.2) is 0 Å². The van der Waals surface area contributed by atoms with Crippen molar-refractivity contribution in [3.8, 4) is 12.3 Å². The predicted octanol–water partition coefficient (Wildman–Crippen LogP) is 1.97.